The van der Waals surface area contributed by atoms with Crippen LogP contribution in [0, 0.1) is 6.92 Å². The monoisotopic (exact) mass is 320 g/mol. The minimum absolute atomic E-state index is 0.0698. The molecule has 8 heteroatoms. The number of hydrogen-bond acceptors (Lipinski definition) is 3. The zero-order chi connectivity index (χ0) is 16.5. The quantitative estimate of drug-likeness (QED) is 0.634. The maximum absolute atomic E-state index is 12.2. The Morgan fingerprint density at radius 1 is 1.18 bits per heavy atom. The molecule has 1 amide bonds. The van der Waals surface area contributed by atoms with Gasteiger partial charge in [0.05, 0.1) is 10.6 Å². The highest BCUT2D eigenvalue weighted by Gasteiger charge is 2.22. The van der Waals surface area contributed by atoms with E-state index in [0.29, 0.717) is 11.3 Å². The summed E-state index contributed by atoms with van der Waals surface area (Å²) in [5.41, 5.74) is 11.3. The zero-order valence-corrected chi connectivity index (χ0v) is 13.0. The summed E-state index contributed by atoms with van der Waals surface area (Å²) in [5.74, 6) is -1.05. The highest BCUT2D eigenvalue weighted by molar-refractivity contribution is 7.90. The minimum Gasteiger partial charge on any atom is -0.370 e. The van der Waals surface area contributed by atoms with Gasteiger partial charge in [0, 0.05) is 24.2 Å². The number of hydrogen-bond donors (Lipinski definition) is 2. The molecule has 2 aromatic rings. The third-order valence-electron chi connectivity index (χ3n) is 3.10. The first-order chi connectivity index (χ1) is 10.2. The third kappa shape index (κ3) is 3.01. The summed E-state index contributed by atoms with van der Waals surface area (Å²) in [6, 6.07) is 6.62. The first-order valence-corrected chi connectivity index (χ1v) is 8.22. The molecule has 0 atom stereocenters. The number of aromatic nitrogens is 1. The summed E-state index contributed by atoms with van der Waals surface area (Å²) in [6.45, 7) is 1.55. The highest BCUT2D eigenvalue weighted by atomic mass is 32.2. The van der Waals surface area contributed by atoms with Crippen LogP contribution in [0.15, 0.2) is 46.5 Å². The van der Waals surface area contributed by atoms with Crippen LogP contribution < -0.4 is 11.5 Å². The van der Waals surface area contributed by atoms with Gasteiger partial charge < -0.3 is 16.0 Å². The van der Waals surface area contributed by atoms with Crippen molar-refractivity contribution < 1.29 is 13.2 Å². The molecule has 0 unspecified atom stereocenters. The van der Waals surface area contributed by atoms with E-state index in [1.165, 1.54) is 6.07 Å². The highest BCUT2D eigenvalue weighted by Crippen LogP contribution is 2.27. The second kappa shape index (κ2) is 5.64. The number of aliphatic imine (C=N–C) groups is 1. The summed E-state index contributed by atoms with van der Waals surface area (Å²) in [5, 5.41) is 0. The van der Waals surface area contributed by atoms with E-state index in [4.69, 9.17) is 11.5 Å². The van der Waals surface area contributed by atoms with Crippen molar-refractivity contribution in [2.24, 2.45) is 16.5 Å². The van der Waals surface area contributed by atoms with Gasteiger partial charge in [0.1, 0.15) is 0 Å². The van der Waals surface area contributed by atoms with Crippen LogP contribution in [0.2, 0.25) is 0 Å². The Labute approximate surface area is 128 Å². The molecule has 7 nitrogen and oxygen atoms in total. The lowest BCUT2D eigenvalue weighted by atomic mass is 10.1. The van der Waals surface area contributed by atoms with Gasteiger partial charge in [-0.15, -0.1) is 0 Å². The fourth-order valence-corrected chi connectivity index (χ4v) is 3.47. The Hall–Kier alpha value is -2.61. The fourth-order valence-electron chi connectivity index (χ4n) is 2.25. The van der Waals surface area contributed by atoms with Gasteiger partial charge in [0.25, 0.3) is 5.91 Å². The van der Waals surface area contributed by atoms with Crippen LogP contribution in [0.4, 0.5) is 0 Å². The molecule has 1 heterocycles. The maximum atomic E-state index is 12.2. The lowest BCUT2D eigenvalue weighted by molar-refractivity contribution is 0.100. The second-order valence-electron chi connectivity index (χ2n) is 4.79. The van der Waals surface area contributed by atoms with Crippen LogP contribution in [0.1, 0.15) is 15.9 Å². The molecule has 1 aromatic heterocycles. The van der Waals surface area contributed by atoms with E-state index in [-0.39, 0.29) is 16.4 Å². The van der Waals surface area contributed by atoms with E-state index in [1.807, 2.05) is 0 Å². The maximum Gasteiger partial charge on any atom is 0.280 e. The first kappa shape index (κ1) is 15.8. The van der Waals surface area contributed by atoms with Gasteiger partial charge >= 0.3 is 0 Å². The first-order valence-electron chi connectivity index (χ1n) is 6.33. The Balaban J connectivity index is 2.75. The number of sulfone groups is 1. The predicted octanol–water partition coefficient (Wildman–Crippen LogP) is 0.603. The number of amides is 1. The molecule has 116 valence electrons. The van der Waals surface area contributed by atoms with E-state index in [1.54, 1.807) is 42.1 Å². The third-order valence-corrected chi connectivity index (χ3v) is 4.36. The molecule has 1 aromatic carbocycles. The SMILES string of the molecule is Cc1c(C(=O)N=C(N)N)ccc(-n2cccc2)c1S(C)(=O)=O. The lowest BCUT2D eigenvalue weighted by Gasteiger charge is -2.14. The molecule has 0 aliphatic rings. The Morgan fingerprint density at radius 2 is 1.77 bits per heavy atom. The van der Waals surface area contributed by atoms with Gasteiger partial charge in [0.2, 0.25) is 0 Å². The van der Waals surface area contributed by atoms with Crippen LogP contribution in [-0.4, -0.2) is 31.1 Å². The second-order valence-corrected chi connectivity index (χ2v) is 6.74. The van der Waals surface area contributed by atoms with Crippen molar-refractivity contribution in [1.29, 1.82) is 0 Å². The molecule has 0 saturated carbocycles. The number of benzene rings is 1. The minimum atomic E-state index is -3.56. The summed E-state index contributed by atoms with van der Waals surface area (Å²) in [7, 11) is -3.56. The molecule has 0 spiro atoms. The molecule has 0 aliphatic carbocycles. The van der Waals surface area contributed by atoms with Gasteiger partial charge in [-0.25, -0.2) is 8.42 Å². The summed E-state index contributed by atoms with van der Waals surface area (Å²) >= 11 is 0. The lowest BCUT2D eigenvalue weighted by Crippen LogP contribution is -2.24. The number of rotatable bonds is 3. The van der Waals surface area contributed by atoms with Crippen LogP contribution in [-0.2, 0) is 9.84 Å². The van der Waals surface area contributed by atoms with E-state index < -0.39 is 15.7 Å². The van der Waals surface area contributed by atoms with Gasteiger partial charge in [0.15, 0.2) is 15.8 Å². The summed E-state index contributed by atoms with van der Waals surface area (Å²) < 4.78 is 26.0. The zero-order valence-electron chi connectivity index (χ0n) is 12.1. The van der Waals surface area contributed by atoms with Crippen LogP contribution in [0.25, 0.3) is 5.69 Å². The standard InChI is InChI=1S/C14H16N4O3S/c1-9-10(13(19)17-14(15)16)5-6-11(12(9)22(2,20)21)18-7-3-4-8-18/h3-8H,1-2H3,(H4,15,16,17,19). The molecule has 2 rings (SSSR count). The predicted molar refractivity (Wildman–Crippen MR) is 83.8 cm³/mol. The molecule has 0 fully saturated rings. The van der Waals surface area contributed by atoms with E-state index in [0.717, 1.165) is 6.26 Å². The number of nitrogens with zero attached hydrogens (tertiary/aromatic N) is 2. The molecule has 0 radical (unpaired) electrons. The molecule has 0 bridgehead atoms. The van der Waals surface area contributed by atoms with Gasteiger partial charge in [-0.2, -0.15) is 4.99 Å². The van der Waals surface area contributed by atoms with E-state index in [2.05, 4.69) is 4.99 Å². The number of carbonyl (C=O) groups is 1. The average Bonchev–Trinajstić information content (AvgIpc) is 2.89. The topological polar surface area (TPSA) is 121 Å². The molecular weight excluding hydrogens is 304 g/mol. The Bertz CT molecular complexity index is 848. The van der Waals surface area contributed by atoms with Gasteiger partial charge in [-0.3, -0.25) is 4.79 Å². The molecule has 22 heavy (non-hydrogen) atoms. The fraction of sp³-hybridized carbons (Fsp3) is 0.143. The van der Waals surface area contributed by atoms with Crippen molar-refractivity contribution in [1.82, 2.24) is 4.57 Å². The van der Waals surface area contributed by atoms with Gasteiger partial charge in [-0.1, -0.05) is 0 Å². The van der Waals surface area contributed by atoms with Crippen molar-refractivity contribution in [3.63, 3.8) is 0 Å². The van der Waals surface area contributed by atoms with E-state index >= 15 is 0 Å². The van der Waals surface area contributed by atoms with Crippen molar-refractivity contribution in [3.05, 3.63) is 47.8 Å². The smallest absolute Gasteiger partial charge is 0.280 e. The normalized spacial score (nSPS) is 11.2. The molecular formula is C14H16N4O3S. The number of guanidine groups is 1. The molecule has 4 N–H and O–H groups in total. The van der Waals surface area contributed by atoms with Gasteiger partial charge in [-0.05, 0) is 36.8 Å². The van der Waals surface area contributed by atoms with Crippen molar-refractivity contribution in [2.75, 3.05) is 6.26 Å². The van der Waals surface area contributed by atoms with Crippen LogP contribution in [0.3, 0.4) is 0 Å². The average molecular weight is 320 g/mol. The van der Waals surface area contributed by atoms with Crippen molar-refractivity contribution >= 4 is 21.7 Å². The molecule has 0 saturated heterocycles. The largest absolute Gasteiger partial charge is 0.370 e. The van der Waals surface area contributed by atoms with Crippen molar-refractivity contribution in [3.8, 4) is 5.69 Å². The number of nitrogens with two attached hydrogens (primary N) is 2. The van der Waals surface area contributed by atoms with Crippen LogP contribution in [0.5, 0.6) is 0 Å². The van der Waals surface area contributed by atoms with E-state index in [9.17, 15) is 13.2 Å². The molecule has 0 aliphatic heterocycles. The summed E-state index contributed by atoms with van der Waals surface area (Å²) in [6.07, 6.45) is 4.54. The summed E-state index contributed by atoms with van der Waals surface area (Å²) in [4.78, 5) is 15.5. The Kier molecular flexibility index (Phi) is 4.05. The van der Waals surface area contributed by atoms with Crippen LogP contribution >= 0.6 is 0 Å². The number of carbonyl (C=O) groups excluding carboxylic acids is 1. The Morgan fingerprint density at radius 3 is 2.27 bits per heavy atom. The van der Waals surface area contributed by atoms with Crippen molar-refractivity contribution in [2.45, 2.75) is 11.8 Å².